The van der Waals surface area contributed by atoms with Crippen LogP contribution in [0.5, 0.6) is 5.75 Å². The number of benzene rings is 3. The van der Waals surface area contributed by atoms with E-state index < -0.39 is 0 Å². The van der Waals surface area contributed by atoms with Gasteiger partial charge in [0.1, 0.15) is 5.75 Å². The van der Waals surface area contributed by atoms with Crippen molar-refractivity contribution in [2.24, 2.45) is 0 Å². The quantitative estimate of drug-likeness (QED) is 0.634. The first-order valence-corrected chi connectivity index (χ1v) is 7.94. The van der Waals surface area contributed by atoms with Crippen molar-refractivity contribution < 1.29 is 5.11 Å². The average Bonchev–Trinajstić information content (AvgIpc) is 2.57. The summed E-state index contributed by atoms with van der Waals surface area (Å²) < 4.78 is 0. The predicted octanol–water partition coefficient (Wildman–Crippen LogP) is 4.07. The Bertz CT molecular complexity index is 818. The van der Waals surface area contributed by atoms with Gasteiger partial charge in [0, 0.05) is 23.0 Å². The molecule has 3 rings (SSSR count). The molecule has 0 saturated heterocycles. The zero-order chi connectivity index (χ0) is 16.1. The van der Waals surface area contributed by atoms with Crippen LogP contribution in [0.4, 0.5) is 5.69 Å². The van der Waals surface area contributed by atoms with Crippen LogP contribution in [-0.2, 0) is 6.42 Å². The Kier molecular flexibility index (Phi) is 4.74. The van der Waals surface area contributed by atoms with E-state index in [4.69, 9.17) is 12.2 Å². The Hall–Kier alpha value is -2.59. The van der Waals surface area contributed by atoms with Gasteiger partial charge in [0.25, 0.3) is 0 Å². The molecule has 0 atom stereocenters. The van der Waals surface area contributed by atoms with Crippen molar-refractivity contribution in [3.63, 3.8) is 0 Å². The zero-order valence-corrected chi connectivity index (χ0v) is 13.4. The van der Waals surface area contributed by atoms with Crippen LogP contribution >= 0.6 is 12.2 Å². The molecule has 0 aliphatic heterocycles. The van der Waals surface area contributed by atoms with E-state index in [1.165, 1.54) is 5.56 Å². The third-order valence-electron chi connectivity index (χ3n) is 3.69. The van der Waals surface area contributed by atoms with Crippen LogP contribution in [0, 0.1) is 0 Å². The Morgan fingerprint density at radius 2 is 1.61 bits per heavy atom. The number of anilines is 1. The van der Waals surface area contributed by atoms with E-state index in [2.05, 4.69) is 22.8 Å². The molecule has 0 amide bonds. The molecule has 3 N–H and O–H groups in total. The molecular formula is C19H18N2OS. The zero-order valence-electron chi connectivity index (χ0n) is 12.6. The summed E-state index contributed by atoms with van der Waals surface area (Å²) in [6, 6.07) is 21.5. The van der Waals surface area contributed by atoms with Gasteiger partial charge in [0.05, 0.1) is 0 Å². The summed E-state index contributed by atoms with van der Waals surface area (Å²) in [4.78, 5) is 0. The van der Waals surface area contributed by atoms with Crippen LogP contribution in [0.1, 0.15) is 5.56 Å². The fourth-order valence-electron chi connectivity index (χ4n) is 2.53. The minimum Gasteiger partial charge on any atom is -0.507 e. The van der Waals surface area contributed by atoms with E-state index >= 15 is 0 Å². The Morgan fingerprint density at radius 1 is 0.870 bits per heavy atom. The Labute approximate surface area is 141 Å². The molecule has 0 aliphatic carbocycles. The summed E-state index contributed by atoms with van der Waals surface area (Å²) in [6.07, 6.45) is 0.916. The van der Waals surface area contributed by atoms with E-state index in [0.29, 0.717) is 5.11 Å². The van der Waals surface area contributed by atoms with Crippen molar-refractivity contribution in [2.45, 2.75) is 6.42 Å². The molecule has 0 aliphatic rings. The van der Waals surface area contributed by atoms with E-state index in [9.17, 15) is 5.11 Å². The van der Waals surface area contributed by atoms with Crippen LogP contribution < -0.4 is 10.6 Å². The molecular weight excluding hydrogens is 304 g/mol. The molecule has 0 saturated carbocycles. The summed E-state index contributed by atoms with van der Waals surface area (Å²) in [5.74, 6) is 0.272. The third kappa shape index (κ3) is 3.79. The molecule has 0 bridgehead atoms. The molecule has 3 aromatic carbocycles. The van der Waals surface area contributed by atoms with E-state index in [0.717, 1.165) is 29.4 Å². The molecule has 0 fully saturated rings. The smallest absolute Gasteiger partial charge is 0.170 e. The standard InChI is InChI=1S/C19H18N2OS/c22-18-11-5-8-15-16(18)9-4-10-17(15)21-19(23)20-13-12-14-6-2-1-3-7-14/h1-11,22H,12-13H2,(H2,20,21,23). The van der Waals surface area contributed by atoms with Gasteiger partial charge >= 0.3 is 0 Å². The fourth-order valence-corrected chi connectivity index (χ4v) is 2.75. The molecule has 23 heavy (non-hydrogen) atoms. The average molecular weight is 322 g/mol. The largest absolute Gasteiger partial charge is 0.507 e. The first kappa shape index (κ1) is 15.3. The SMILES string of the molecule is Oc1cccc2c(NC(=S)NCCc3ccccc3)cccc12. The first-order valence-electron chi connectivity index (χ1n) is 7.53. The van der Waals surface area contributed by atoms with Gasteiger partial charge in [-0.1, -0.05) is 54.6 Å². The highest BCUT2D eigenvalue weighted by Gasteiger charge is 2.05. The number of thiocarbonyl (C=S) groups is 1. The molecule has 0 aromatic heterocycles. The van der Waals surface area contributed by atoms with Crippen molar-refractivity contribution in [3.8, 4) is 5.75 Å². The Balaban J connectivity index is 1.63. The van der Waals surface area contributed by atoms with Gasteiger partial charge in [-0.3, -0.25) is 0 Å². The summed E-state index contributed by atoms with van der Waals surface area (Å²) in [6.45, 7) is 0.770. The van der Waals surface area contributed by atoms with Gasteiger partial charge in [-0.2, -0.15) is 0 Å². The van der Waals surface area contributed by atoms with E-state index in [1.54, 1.807) is 6.07 Å². The van der Waals surface area contributed by atoms with Crippen LogP contribution in [-0.4, -0.2) is 16.8 Å². The van der Waals surface area contributed by atoms with Gasteiger partial charge in [-0.25, -0.2) is 0 Å². The van der Waals surface area contributed by atoms with Crippen LogP contribution in [0.15, 0.2) is 66.7 Å². The normalized spacial score (nSPS) is 10.4. The van der Waals surface area contributed by atoms with E-state index in [1.807, 2.05) is 48.5 Å². The molecule has 0 radical (unpaired) electrons. The lowest BCUT2D eigenvalue weighted by Gasteiger charge is -2.13. The van der Waals surface area contributed by atoms with Gasteiger partial charge in [0.15, 0.2) is 5.11 Å². The number of phenols is 1. The van der Waals surface area contributed by atoms with Crippen molar-refractivity contribution >= 4 is 33.8 Å². The van der Waals surface area contributed by atoms with Crippen LogP contribution in [0.2, 0.25) is 0 Å². The number of fused-ring (bicyclic) bond motifs is 1. The number of hydrogen-bond donors (Lipinski definition) is 3. The number of nitrogens with one attached hydrogen (secondary N) is 2. The van der Waals surface area contributed by atoms with Gasteiger partial charge in [-0.05, 0) is 36.3 Å². The van der Waals surface area contributed by atoms with Gasteiger partial charge < -0.3 is 15.7 Å². The minimum absolute atomic E-state index is 0.272. The monoisotopic (exact) mass is 322 g/mol. The second-order valence-electron chi connectivity index (χ2n) is 5.29. The highest BCUT2D eigenvalue weighted by atomic mass is 32.1. The summed E-state index contributed by atoms with van der Waals surface area (Å²) >= 11 is 5.36. The molecule has 0 unspecified atom stereocenters. The highest BCUT2D eigenvalue weighted by Crippen LogP contribution is 2.29. The third-order valence-corrected chi connectivity index (χ3v) is 3.94. The molecule has 4 heteroatoms. The summed E-state index contributed by atoms with van der Waals surface area (Å²) in [5, 5.41) is 18.7. The molecule has 0 heterocycles. The van der Waals surface area contributed by atoms with Crippen LogP contribution in [0.25, 0.3) is 10.8 Å². The molecule has 3 aromatic rings. The molecule has 0 spiro atoms. The lowest BCUT2D eigenvalue weighted by atomic mass is 10.1. The lowest BCUT2D eigenvalue weighted by Crippen LogP contribution is -2.30. The maximum absolute atomic E-state index is 9.92. The van der Waals surface area contributed by atoms with Crippen LogP contribution in [0.3, 0.4) is 0 Å². The topological polar surface area (TPSA) is 44.3 Å². The second-order valence-corrected chi connectivity index (χ2v) is 5.70. The highest BCUT2D eigenvalue weighted by molar-refractivity contribution is 7.80. The van der Waals surface area contributed by atoms with Gasteiger partial charge in [-0.15, -0.1) is 0 Å². The predicted molar refractivity (Wildman–Crippen MR) is 100.0 cm³/mol. The number of hydrogen-bond acceptors (Lipinski definition) is 2. The summed E-state index contributed by atoms with van der Waals surface area (Å²) in [5.41, 5.74) is 2.16. The molecule has 116 valence electrons. The number of phenolic OH excluding ortho intramolecular Hbond substituents is 1. The van der Waals surface area contributed by atoms with Crippen molar-refractivity contribution in [1.29, 1.82) is 0 Å². The van der Waals surface area contributed by atoms with Crippen molar-refractivity contribution in [3.05, 3.63) is 72.3 Å². The first-order chi connectivity index (χ1) is 11.2. The van der Waals surface area contributed by atoms with E-state index in [-0.39, 0.29) is 5.75 Å². The van der Waals surface area contributed by atoms with Crippen molar-refractivity contribution in [1.82, 2.24) is 5.32 Å². The Morgan fingerprint density at radius 3 is 2.43 bits per heavy atom. The van der Waals surface area contributed by atoms with Gasteiger partial charge in [0.2, 0.25) is 0 Å². The molecule has 3 nitrogen and oxygen atoms in total. The summed E-state index contributed by atoms with van der Waals surface area (Å²) in [7, 11) is 0. The number of aromatic hydroxyl groups is 1. The lowest BCUT2D eigenvalue weighted by molar-refractivity contribution is 0.481. The maximum Gasteiger partial charge on any atom is 0.170 e. The second kappa shape index (κ2) is 7.11. The van der Waals surface area contributed by atoms with Crippen molar-refractivity contribution in [2.75, 3.05) is 11.9 Å². The minimum atomic E-state index is 0.272. The number of rotatable bonds is 4. The maximum atomic E-state index is 9.92. The fraction of sp³-hybridized carbons (Fsp3) is 0.105.